The molecule has 2 rings (SSSR count). The van der Waals surface area contributed by atoms with Crippen LogP contribution in [0.1, 0.15) is 29.7 Å². The molecule has 0 aliphatic heterocycles. The first-order chi connectivity index (χ1) is 10.0. The van der Waals surface area contributed by atoms with Crippen LogP contribution in [0.15, 0.2) is 36.4 Å². The molecule has 4 heteroatoms. The van der Waals surface area contributed by atoms with Gasteiger partial charge in [0.05, 0.1) is 5.02 Å². The molecule has 112 valence electrons. The Bertz CT molecular complexity index is 628. The second-order valence-corrected chi connectivity index (χ2v) is 5.43. The maximum absolute atomic E-state index is 14.1. The van der Waals surface area contributed by atoms with Gasteiger partial charge in [-0.2, -0.15) is 0 Å². The molecule has 0 fully saturated rings. The minimum absolute atomic E-state index is 0.105. The molecule has 0 saturated carbocycles. The van der Waals surface area contributed by atoms with Gasteiger partial charge in [0.15, 0.2) is 0 Å². The van der Waals surface area contributed by atoms with Crippen LogP contribution in [-0.4, -0.2) is 6.54 Å². The van der Waals surface area contributed by atoms with E-state index in [1.807, 2.05) is 19.9 Å². The van der Waals surface area contributed by atoms with Crippen molar-refractivity contribution < 1.29 is 8.78 Å². The van der Waals surface area contributed by atoms with Crippen LogP contribution in [0.3, 0.4) is 0 Å². The molecule has 0 spiro atoms. The van der Waals surface area contributed by atoms with E-state index in [9.17, 15) is 8.78 Å². The number of halogens is 3. The first-order valence-electron chi connectivity index (χ1n) is 6.95. The van der Waals surface area contributed by atoms with Crippen LogP contribution in [0.4, 0.5) is 8.78 Å². The summed E-state index contributed by atoms with van der Waals surface area (Å²) in [5.74, 6) is -0.715. The zero-order valence-electron chi connectivity index (χ0n) is 12.1. The predicted octanol–water partition coefficient (Wildman–Crippen LogP) is 4.82. The Labute approximate surface area is 128 Å². The average Bonchev–Trinajstić information content (AvgIpc) is 2.46. The van der Waals surface area contributed by atoms with Crippen molar-refractivity contribution in [3.63, 3.8) is 0 Å². The van der Waals surface area contributed by atoms with Crippen LogP contribution >= 0.6 is 11.6 Å². The maximum Gasteiger partial charge on any atom is 0.142 e. The van der Waals surface area contributed by atoms with Gasteiger partial charge in [-0.25, -0.2) is 8.78 Å². The third-order valence-corrected chi connectivity index (χ3v) is 3.86. The summed E-state index contributed by atoms with van der Waals surface area (Å²) in [5.41, 5.74) is 2.24. The highest BCUT2D eigenvalue weighted by Gasteiger charge is 2.18. The van der Waals surface area contributed by atoms with E-state index in [0.717, 1.165) is 5.56 Å². The van der Waals surface area contributed by atoms with E-state index >= 15 is 0 Å². The molecule has 0 amide bonds. The van der Waals surface area contributed by atoms with Gasteiger partial charge >= 0.3 is 0 Å². The van der Waals surface area contributed by atoms with Gasteiger partial charge in [0.1, 0.15) is 11.6 Å². The highest BCUT2D eigenvalue weighted by molar-refractivity contribution is 6.31. The molecular weight excluding hydrogens is 292 g/mol. The Hall–Kier alpha value is -1.45. The Balaban J connectivity index is 2.35. The van der Waals surface area contributed by atoms with Crippen LogP contribution in [0.2, 0.25) is 5.02 Å². The van der Waals surface area contributed by atoms with Crippen LogP contribution in [0, 0.1) is 18.6 Å². The quantitative estimate of drug-likeness (QED) is 0.835. The Morgan fingerprint density at radius 1 is 1.14 bits per heavy atom. The van der Waals surface area contributed by atoms with Crippen molar-refractivity contribution in [3.05, 3.63) is 69.7 Å². The third-order valence-electron chi connectivity index (χ3n) is 3.43. The van der Waals surface area contributed by atoms with E-state index in [1.165, 1.54) is 12.1 Å². The van der Waals surface area contributed by atoms with Crippen molar-refractivity contribution >= 4 is 11.6 Å². The highest BCUT2D eigenvalue weighted by Crippen LogP contribution is 2.27. The number of benzene rings is 2. The van der Waals surface area contributed by atoms with E-state index in [2.05, 4.69) is 5.32 Å². The van der Waals surface area contributed by atoms with Gasteiger partial charge in [-0.3, -0.25) is 0 Å². The molecule has 1 atom stereocenters. The van der Waals surface area contributed by atoms with Gasteiger partial charge in [-0.05, 0) is 37.6 Å². The lowest BCUT2D eigenvalue weighted by atomic mass is 9.97. The summed E-state index contributed by atoms with van der Waals surface area (Å²) in [5, 5.41) is 3.35. The van der Waals surface area contributed by atoms with Gasteiger partial charge in [0, 0.05) is 11.6 Å². The SMILES string of the molecule is CCNC(Cc1cccc(F)c1Cl)c1cc(C)ccc1F. The standard InChI is InChI=1S/C17H18ClF2N/c1-3-21-16(13-9-11(2)7-8-14(13)19)10-12-5-4-6-15(20)17(12)18/h4-9,16,21H,3,10H2,1-2H3. The molecule has 0 aromatic heterocycles. The van der Waals surface area contributed by atoms with E-state index in [4.69, 9.17) is 11.6 Å². The number of aryl methyl sites for hydroxylation is 1. The fraction of sp³-hybridized carbons (Fsp3) is 0.294. The van der Waals surface area contributed by atoms with Gasteiger partial charge in [-0.1, -0.05) is 48.4 Å². The molecule has 2 aromatic carbocycles. The second-order valence-electron chi connectivity index (χ2n) is 5.05. The topological polar surface area (TPSA) is 12.0 Å². The number of rotatable bonds is 5. The molecular formula is C17H18ClF2N. The van der Waals surface area contributed by atoms with Crippen LogP contribution in [0.5, 0.6) is 0 Å². The molecule has 1 nitrogen and oxygen atoms in total. The van der Waals surface area contributed by atoms with Crippen molar-refractivity contribution in [1.29, 1.82) is 0 Å². The van der Waals surface area contributed by atoms with Crippen LogP contribution in [0.25, 0.3) is 0 Å². The zero-order valence-corrected chi connectivity index (χ0v) is 12.8. The van der Waals surface area contributed by atoms with E-state index in [-0.39, 0.29) is 16.9 Å². The monoisotopic (exact) mass is 309 g/mol. The van der Waals surface area contributed by atoms with Crippen molar-refractivity contribution in [2.45, 2.75) is 26.3 Å². The van der Waals surface area contributed by atoms with Gasteiger partial charge in [-0.15, -0.1) is 0 Å². The van der Waals surface area contributed by atoms with Crippen molar-refractivity contribution in [1.82, 2.24) is 5.32 Å². The van der Waals surface area contributed by atoms with E-state index in [1.54, 1.807) is 18.2 Å². The first-order valence-corrected chi connectivity index (χ1v) is 7.33. The van der Waals surface area contributed by atoms with E-state index in [0.29, 0.717) is 24.1 Å². The van der Waals surface area contributed by atoms with Crippen molar-refractivity contribution in [3.8, 4) is 0 Å². The summed E-state index contributed by atoms with van der Waals surface area (Å²) in [6.07, 6.45) is 0.435. The lowest BCUT2D eigenvalue weighted by molar-refractivity contribution is 0.508. The molecule has 0 aliphatic rings. The first kappa shape index (κ1) is 15.9. The summed E-state index contributed by atoms with van der Waals surface area (Å²) < 4.78 is 27.6. The minimum Gasteiger partial charge on any atom is -0.310 e. The molecule has 0 heterocycles. The number of likely N-dealkylation sites (N-methyl/N-ethyl adjacent to an activating group) is 1. The third kappa shape index (κ3) is 3.80. The lowest BCUT2D eigenvalue weighted by Gasteiger charge is -2.20. The van der Waals surface area contributed by atoms with Crippen molar-refractivity contribution in [2.24, 2.45) is 0 Å². The Morgan fingerprint density at radius 2 is 1.90 bits per heavy atom. The minimum atomic E-state index is -0.450. The smallest absolute Gasteiger partial charge is 0.142 e. The predicted molar refractivity (Wildman–Crippen MR) is 82.7 cm³/mol. The van der Waals surface area contributed by atoms with Crippen LogP contribution in [-0.2, 0) is 6.42 Å². The normalized spacial score (nSPS) is 12.4. The number of nitrogens with one attached hydrogen (secondary N) is 1. The molecule has 1 unspecified atom stereocenters. The number of hydrogen-bond donors (Lipinski definition) is 1. The Kier molecular flexibility index (Phi) is 5.32. The zero-order chi connectivity index (χ0) is 15.4. The van der Waals surface area contributed by atoms with Gasteiger partial charge in [0.25, 0.3) is 0 Å². The van der Waals surface area contributed by atoms with Crippen LogP contribution < -0.4 is 5.32 Å². The van der Waals surface area contributed by atoms with Gasteiger partial charge in [0.2, 0.25) is 0 Å². The molecule has 0 bridgehead atoms. The summed E-state index contributed by atoms with van der Waals surface area (Å²) in [4.78, 5) is 0. The Morgan fingerprint density at radius 3 is 2.62 bits per heavy atom. The molecule has 0 radical (unpaired) electrons. The fourth-order valence-corrected chi connectivity index (χ4v) is 2.60. The summed E-state index contributed by atoms with van der Waals surface area (Å²) in [6.45, 7) is 4.56. The van der Waals surface area contributed by atoms with E-state index < -0.39 is 5.82 Å². The second kappa shape index (κ2) is 7.01. The fourth-order valence-electron chi connectivity index (χ4n) is 2.39. The summed E-state index contributed by atoms with van der Waals surface area (Å²) >= 11 is 6.00. The van der Waals surface area contributed by atoms with Crippen molar-refractivity contribution in [2.75, 3.05) is 6.54 Å². The average molecular weight is 310 g/mol. The van der Waals surface area contributed by atoms with Gasteiger partial charge < -0.3 is 5.32 Å². The molecule has 0 aliphatic carbocycles. The molecule has 21 heavy (non-hydrogen) atoms. The maximum atomic E-state index is 14.1. The lowest BCUT2D eigenvalue weighted by Crippen LogP contribution is -2.24. The molecule has 1 N–H and O–H groups in total. The molecule has 0 saturated heterocycles. The summed E-state index contributed by atoms with van der Waals surface area (Å²) in [7, 11) is 0. The summed E-state index contributed by atoms with van der Waals surface area (Å²) in [6, 6.07) is 9.47. The molecule has 2 aromatic rings. The highest BCUT2D eigenvalue weighted by atomic mass is 35.5. The number of hydrogen-bond acceptors (Lipinski definition) is 1. The largest absolute Gasteiger partial charge is 0.310 e.